The maximum absolute atomic E-state index is 11.4. The van der Waals surface area contributed by atoms with Crippen LogP contribution in [0.2, 0.25) is 0 Å². The summed E-state index contributed by atoms with van der Waals surface area (Å²) in [7, 11) is 0. The minimum atomic E-state index is 0.108. The monoisotopic (exact) mass is 217 g/mol. The summed E-state index contributed by atoms with van der Waals surface area (Å²) in [5.74, 6) is 0.108. The van der Waals surface area contributed by atoms with Crippen molar-refractivity contribution in [1.82, 2.24) is 4.98 Å². The molecule has 0 aliphatic rings. The predicted octanol–water partition coefficient (Wildman–Crippen LogP) is 2.98. The van der Waals surface area contributed by atoms with Crippen LogP contribution >= 0.6 is 11.3 Å². The van der Waals surface area contributed by atoms with Gasteiger partial charge in [-0.05, 0) is 25.1 Å². The van der Waals surface area contributed by atoms with Crippen molar-refractivity contribution < 1.29 is 4.79 Å². The van der Waals surface area contributed by atoms with Gasteiger partial charge < -0.3 is 0 Å². The molecule has 1 aromatic carbocycles. The number of allylic oxidation sites excluding steroid dienone is 2. The zero-order valence-corrected chi connectivity index (χ0v) is 9.25. The summed E-state index contributed by atoms with van der Waals surface area (Å²) < 4.78 is 1.14. The number of carbonyl (C=O) groups excluding carboxylic acids is 1. The molecule has 0 atom stereocenters. The van der Waals surface area contributed by atoms with E-state index in [1.54, 1.807) is 23.5 Å². The molecule has 3 heteroatoms. The molecule has 0 aliphatic carbocycles. The summed E-state index contributed by atoms with van der Waals surface area (Å²) in [5.41, 5.74) is 0.978. The van der Waals surface area contributed by atoms with Crippen molar-refractivity contribution in [2.45, 2.75) is 13.3 Å². The number of aromatic nitrogens is 1. The number of carbonyl (C=O) groups is 1. The first kappa shape index (κ1) is 10.1. The average molecular weight is 217 g/mol. The SMILES string of the molecule is C/C=C/C(=O)Cc1nc2ccccc2s1. The molecule has 1 heterocycles. The molecule has 0 bridgehead atoms. The summed E-state index contributed by atoms with van der Waals surface area (Å²) in [6.45, 7) is 1.84. The van der Waals surface area contributed by atoms with E-state index in [2.05, 4.69) is 4.98 Å². The number of nitrogens with zero attached hydrogens (tertiary/aromatic N) is 1. The molecule has 0 amide bonds. The lowest BCUT2D eigenvalue weighted by Crippen LogP contribution is -1.96. The molecular formula is C12H11NOS. The van der Waals surface area contributed by atoms with Gasteiger partial charge in [0.05, 0.1) is 16.6 Å². The first-order valence-electron chi connectivity index (χ1n) is 4.79. The molecule has 0 N–H and O–H groups in total. The van der Waals surface area contributed by atoms with E-state index in [1.807, 2.05) is 31.2 Å². The standard InChI is InChI=1S/C12H11NOS/c1-2-5-9(14)8-12-13-10-6-3-4-7-11(10)15-12/h2-7H,8H2,1H3/b5-2+. The van der Waals surface area contributed by atoms with Crippen molar-refractivity contribution in [2.24, 2.45) is 0 Å². The molecule has 76 valence electrons. The highest BCUT2D eigenvalue weighted by Crippen LogP contribution is 2.21. The van der Waals surface area contributed by atoms with Crippen molar-refractivity contribution in [3.05, 3.63) is 41.4 Å². The summed E-state index contributed by atoms with van der Waals surface area (Å²) in [6.07, 6.45) is 3.76. The van der Waals surface area contributed by atoms with Gasteiger partial charge in [0.25, 0.3) is 0 Å². The van der Waals surface area contributed by atoms with Gasteiger partial charge in [0.2, 0.25) is 0 Å². The Labute approximate surface area is 92.3 Å². The Morgan fingerprint density at radius 3 is 3.00 bits per heavy atom. The third-order valence-electron chi connectivity index (χ3n) is 2.02. The van der Waals surface area contributed by atoms with Gasteiger partial charge in [-0.25, -0.2) is 4.98 Å². The zero-order valence-electron chi connectivity index (χ0n) is 8.43. The van der Waals surface area contributed by atoms with Crippen molar-refractivity contribution in [3.63, 3.8) is 0 Å². The van der Waals surface area contributed by atoms with Gasteiger partial charge in [0.15, 0.2) is 5.78 Å². The molecule has 15 heavy (non-hydrogen) atoms. The molecule has 0 spiro atoms. The second kappa shape index (κ2) is 4.36. The van der Waals surface area contributed by atoms with E-state index >= 15 is 0 Å². The normalized spacial score (nSPS) is 11.3. The van der Waals surface area contributed by atoms with Crippen molar-refractivity contribution in [1.29, 1.82) is 0 Å². The van der Waals surface area contributed by atoms with E-state index in [-0.39, 0.29) is 5.78 Å². The van der Waals surface area contributed by atoms with Crippen LogP contribution in [-0.4, -0.2) is 10.8 Å². The Balaban J connectivity index is 2.26. The molecule has 0 unspecified atom stereocenters. The Hall–Kier alpha value is -1.48. The van der Waals surface area contributed by atoms with E-state index in [0.717, 1.165) is 15.2 Å². The number of fused-ring (bicyclic) bond motifs is 1. The lowest BCUT2D eigenvalue weighted by atomic mass is 10.3. The van der Waals surface area contributed by atoms with Crippen LogP contribution in [0.5, 0.6) is 0 Å². The molecule has 0 radical (unpaired) electrons. The number of hydrogen-bond acceptors (Lipinski definition) is 3. The predicted molar refractivity (Wildman–Crippen MR) is 63.1 cm³/mol. The minimum absolute atomic E-state index is 0.108. The van der Waals surface area contributed by atoms with Gasteiger partial charge in [-0.1, -0.05) is 18.2 Å². The van der Waals surface area contributed by atoms with E-state index in [9.17, 15) is 4.79 Å². The summed E-state index contributed by atoms with van der Waals surface area (Å²) >= 11 is 1.59. The number of hydrogen-bond donors (Lipinski definition) is 0. The van der Waals surface area contributed by atoms with Crippen LogP contribution in [0.25, 0.3) is 10.2 Å². The smallest absolute Gasteiger partial charge is 0.162 e. The number of benzene rings is 1. The number of para-hydroxylation sites is 1. The summed E-state index contributed by atoms with van der Waals surface area (Å²) in [5, 5.41) is 0.888. The molecule has 0 fully saturated rings. The first-order chi connectivity index (χ1) is 7.29. The Morgan fingerprint density at radius 1 is 1.47 bits per heavy atom. The van der Waals surface area contributed by atoms with Gasteiger partial charge in [-0.2, -0.15) is 0 Å². The molecule has 1 aromatic heterocycles. The number of ketones is 1. The van der Waals surface area contributed by atoms with Crippen LogP contribution in [-0.2, 0) is 11.2 Å². The van der Waals surface area contributed by atoms with Crippen LogP contribution in [0.3, 0.4) is 0 Å². The van der Waals surface area contributed by atoms with Crippen LogP contribution < -0.4 is 0 Å². The maximum atomic E-state index is 11.4. The topological polar surface area (TPSA) is 30.0 Å². The third-order valence-corrected chi connectivity index (χ3v) is 3.05. The molecule has 0 saturated heterocycles. The Bertz CT molecular complexity index is 480. The molecule has 2 nitrogen and oxygen atoms in total. The molecule has 2 aromatic rings. The van der Waals surface area contributed by atoms with Gasteiger partial charge in [-0.3, -0.25) is 4.79 Å². The lowest BCUT2D eigenvalue weighted by Gasteiger charge is -1.88. The fourth-order valence-corrected chi connectivity index (χ4v) is 2.37. The fourth-order valence-electron chi connectivity index (χ4n) is 1.39. The average Bonchev–Trinajstić information content (AvgIpc) is 2.59. The number of thiazole rings is 1. The second-order valence-corrected chi connectivity index (χ2v) is 4.33. The zero-order chi connectivity index (χ0) is 10.7. The van der Waals surface area contributed by atoms with Crippen molar-refractivity contribution >= 4 is 27.3 Å². The quantitative estimate of drug-likeness (QED) is 0.740. The van der Waals surface area contributed by atoms with Crippen LogP contribution in [0.1, 0.15) is 11.9 Å². The third kappa shape index (κ3) is 2.30. The molecular weight excluding hydrogens is 206 g/mol. The Kier molecular flexibility index (Phi) is 2.92. The van der Waals surface area contributed by atoms with E-state index in [1.165, 1.54) is 0 Å². The molecule has 0 aliphatic heterocycles. The van der Waals surface area contributed by atoms with E-state index in [0.29, 0.717) is 6.42 Å². The lowest BCUT2D eigenvalue weighted by molar-refractivity contribution is -0.114. The highest BCUT2D eigenvalue weighted by Gasteiger charge is 2.05. The van der Waals surface area contributed by atoms with E-state index in [4.69, 9.17) is 0 Å². The van der Waals surface area contributed by atoms with Gasteiger partial charge >= 0.3 is 0 Å². The first-order valence-corrected chi connectivity index (χ1v) is 5.61. The second-order valence-electron chi connectivity index (χ2n) is 3.22. The van der Waals surface area contributed by atoms with Crippen LogP contribution in [0.4, 0.5) is 0 Å². The van der Waals surface area contributed by atoms with Crippen molar-refractivity contribution in [2.75, 3.05) is 0 Å². The van der Waals surface area contributed by atoms with E-state index < -0.39 is 0 Å². The minimum Gasteiger partial charge on any atom is -0.294 e. The largest absolute Gasteiger partial charge is 0.294 e. The molecule has 0 saturated carbocycles. The fraction of sp³-hybridized carbons (Fsp3) is 0.167. The van der Waals surface area contributed by atoms with Crippen LogP contribution in [0.15, 0.2) is 36.4 Å². The van der Waals surface area contributed by atoms with Gasteiger partial charge in [-0.15, -0.1) is 11.3 Å². The Morgan fingerprint density at radius 2 is 2.27 bits per heavy atom. The van der Waals surface area contributed by atoms with Crippen molar-refractivity contribution in [3.8, 4) is 0 Å². The number of rotatable bonds is 3. The van der Waals surface area contributed by atoms with Crippen LogP contribution in [0, 0.1) is 0 Å². The summed E-state index contributed by atoms with van der Waals surface area (Å²) in [6, 6.07) is 7.93. The van der Waals surface area contributed by atoms with Gasteiger partial charge in [0, 0.05) is 0 Å². The summed E-state index contributed by atoms with van der Waals surface area (Å²) in [4.78, 5) is 15.8. The maximum Gasteiger partial charge on any atom is 0.162 e. The molecule has 2 rings (SSSR count). The van der Waals surface area contributed by atoms with Gasteiger partial charge in [0.1, 0.15) is 5.01 Å². The highest BCUT2D eigenvalue weighted by molar-refractivity contribution is 7.18. The highest BCUT2D eigenvalue weighted by atomic mass is 32.1.